The molecule has 3 N–H and O–H groups in total. The van der Waals surface area contributed by atoms with Crippen LogP contribution in [0.1, 0.15) is 13.3 Å². The zero-order chi connectivity index (χ0) is 13.1. The molecular formula is C13H17N3O2. The van der Waals surface area contributed by atoms with E-state index in [9.17, 15) is 9.59 Å². The molecule has 5 heteroatoms. The van der Waals surface area contributed by atoms with Gasteiger partial charge in [0.15, 0.2) is 0 Å². The summed E-state index contributed by atoms with van der Waals surface area (Å²) in [5.41, 5.74) is 6.96. The molecular weight excluding hydrogens is 230 g/mol. The van der Waals surface area contributed by atoms with Gasteiger partial charge in [-0.15, -0.1) is 0 Å². The lowest BCUT2D eigenvalue weighted by Crippen LogP contribution is -2.42. The molecule has 0 radical (unpaired) electrons. The molecule has 0 spiro atoms. The molecule has 18 heavy (non-hydrogen) atoms. The van der Waals surface area contributed by atoms with E-state index in [4.69, 9.17) is 5.73 Å². The highest BCUT2D eigenvalue weighted by Gasteiger charge is 2.26. The molecule has 0 bridgehead atoms. The van der Waals surface area contributed by atoms with Crippen LogP contribution in [0.3, 0.4) is 0 Å². The first-order valence-corrected chi connectivity index (χ1v) is 6.01. The average molecular weight is 247 g/mol. The lowest BCUT2D eigenvalue weighted by atomic mass is 10.1. The summed E-state index contributed by atoms with van der Waals surface area (Å²) in [6.07, 6.45) is 0.359. The van der Waals surface area contributed by atoms with Gasteiger partial charge in [0.1, 0.15) is 6.54 Å². The predicted molar refractivity (Wildman–Crippen MR) is 70.3 cm³/mol. The fourth-order valence-corrected chi connectivity index (χ4v) is 1.95. The van der Waals surface area contributed by atoms with E-state index in [1.54, 1.807) is 6.07 Å². The van der Waals surface area contributed by atoms with E-state index in [2.05, 4.69) is 5.32 Å². The van der Waals surface area contributed by atoms with Crippen LogP contribution in [-0.2, 0) is 9.59 Å². The molecule has 1 aliphatic rings. The number of nitrogens with one attached hydrogen (secondary N) is 1. The van der Waals surface area contributed by atoms with Crippen LogP contribution in [0.2, 0.25) is 0 Å². The van der Waals surface area contributed by atoms with E-state index in [1.807, 2.05) is 25.1 Å². The molecule has 0 saturated heterocycles. The van der Waals surface area contributed by atoms with Crippen LogP contribution in [0.4, 0.5) is 11.4 Å². The third kappa shape index (κ3) is 2.51. The second kappa shape index (κ2) is 5.18. The highest BCUT2D eigenvalue weighted by Crippen LogP contribution is 2.29. The van der Waals surface area contributed by atoms with Gasteiger partial charge in [-0.05, 0) is 24.6 Å². The van der Waals surface area contributed by atoms with Crippen LogP contribution in [0.5, 0.6) is 0 Å². The van der Waals surface area contributed by atoms with Crippen LogP contribution in [0.25, 0.3) is 0 Å². The van der Waals surface area contributed by atoms with Gasteiger partial charge in [-0.1, -0.05) is 19.1 Å². The number of carbonyl (C=O) groups is 2. The van der Waals surface area contributed by atoms with Crippen LogP contribution < -0.4 is 16.0 Å². The molecule has 5 nitrogen and oxygen atoms in total. The van der Waals surface area contributed by atoms with Gasteiger partial charge in [0.05, 0.1) is 11.4 Å². The number of carbonyl (C=O) groups excluding carboxylic acids is 2. The number of fused-ring (bicyclic) bond motifs is 1. The lowest BCUT2D eigenvalue weighted by molar-refractivity contribution is -0.122. The van der Waals surface area contributed by atoms with E-state index in [1.165, 1.54) is 4.90 Å². The van der Waals surface area contributed by atoms with E-state index in [0.717, 1.165) is 5.69 Å². The quantitative estimate of drug-likeness (QED) is 0.835. The Balaban J connectivity index is 2.23. The van der Waals surface area contributed by atoms with Crippen molar-refractivity contribution in [2.45, 2.75) is 13.3 Å². The Hall–Kier alpha value is -1.88. The smallest absolute Gasteiger partial charge is 0.244 e. The fraction of sp³-hybridized carbons (Fsp3) is 0.385. The van der Waals surface area contributed by atoms with Crippen molar-refractivity contribution in [1.29, 1.82) is 0 Å². The molecule has 1 unspecified atom stereocenters. The maximum absolute atomic E-state index is 12.2. The molecule has 2 amide bonds. The first kappa shape index (κ1) is 12.6. The minimum atomic E-state index is -0.164. The molecule has 0 saturated carbocycles. The second-order valence-corrected chi connectivity index (χ2v) is 4.59. The molecule has 96 valence electrons. The SMILES string of the molecule is CC(CN)CC(=O)N1CC(=O)Nc2ccccc21. The highest BCUT2D eigenvalue weighted by atomic mass is 16.2. The number of nitrogens with two attached hydrogens (primary N) is 1. The van der Waals surface area contributed by atoms with Crippen LogP contribution in [-0.4, -0.2) is 24.9 Å². The third-order valence-electron chi connectivity index (χ3n) is 3.00. The molecule has 1 aromatic carbocycles. The lowest BCUT2D eigenvalue weighted by Gasteiger charge is -2.29. The van der Waals surface area contributed by atoms with Gasteiger partial charge in [-0.2, -0.15) is 0 Å². The van der Waals surface area contributed by atoms with Gasteiger partial charge in [0.2, 0.25) is 11.8 Å². The summed E-state index contributed by atoms with van der Waals surface area (Å²) < 4.78 is 0. The largest absolute Gasteiger partial charge is 0.330 e. The third-order valence-corrected chi connectivity index (χ3v) is 3.00. The van der Waals surface area contributed by atoms with Crippen LogP contribution in [0.15, 0.2) is 24.3 Å². The number of nitrogens with zero attached hydrogens (tertiary/aromatic N) is 1. The van der Waals surface area contributed by atoms with Gasteiger partial charge in [0.25, 0.3) is 0 Å². The maximum Gasteiger partial charge on any atom is 0.244 e. The molecule has 0 aromatic heterocycles. The predicted octanol–water partition coefficient (Wildman–Crippen LogP) is 0.957. The molecule has 0 fully saturated rings. The van der Waals surface area contributed by atoms with Crippen molar-refractivity contribution in [1.82, 2.24) is 0 Å². The maximum atomic E-state index is 12.2. The van der Waals surface area contributed by atoms with Crippen molar-refractivity contribution in [3.8, 4) is 0 Å². The van der Waals surface area contributed by atoms with Gasteiger partial charge in [0, 0.05) is 6.42 Å². The van der Waals surface area contributed by atoms with Crippen LogP contribution >= 0.6 is 0 Å². The minimum Gasteiger partial charge on any atom is -0.330 e. The van der Waals surface area contributed by atoms with Crippen molar-refractivity contribution in [3.63, 3.8) is 0 Å². The Morgan fingerprint density at radius 3 is 2.94 bits per heavy atom. The van der Waals surface area contributed by atoms with Gasteiger partial charge < -0.3 is 16.0 Å². The fourth-order valence-electron chi connectivity index (χ4n) is 1.95. The molecule has 1 aromatic rings. The molecule has 1 aliphatic heterocycles. The van der Waals surface area contributed by atoms with Crippen molar-refractivity contribution in [2.24, 2.45) is 11.7 Å². The number of para-hydroxylation sites is 2. The molecule has 2 rings (SSSR count). The second-order valence-electron chi connectivity index (χ2n) is 4.59. The Morgan fingerprint density at radius 1 is 1.50 bits per heavy atom. The Labute approximate surface area is 106 Å². The van der Waals surface area contributed by atoms with E-state index in [-0.39, 0.29) is 24.3 Å². The normalized spacial score (nSPS) is 15.9. The van der Waals surface area contributed by atoms with E-state index < -0.39 is 0 Å². The number of amides is 2. The number of benzene rings is 1. The van der Waals surface area contributed by atoms with Gasteiger partial charge in [-0.25, -0.2) is 0 Å². The van der Waals surface area contributed by atoms with Crippen molar-refractivity contribution in [2.75, 3.05) is 23.3 Å². The highest BCUT2D eigenvalue weighted by molar-refractivity contribution is 6.09. The first-order valence-electron chi connectivity index (χ1n) is 6.01. The molecule has 1 heterocycles. The van der Waals surface area contributed by atoms with Gasteiger partial charge >= 0.3 is 0 Å². The van der Waals surface area contributed by atoms with Crippen molar-refractivity contribution in [3.05, 3.63) is 24.3 Å². The van der Waals surface area contributed by atoms with Crippen LogP contribution in [0, 0.1) is 5.92 Å². The topological polar surface area (TPSA) is 75.4 Å². The zero-order valence-corrected chi connectivity index (χ0v) is 10.3. The minimum absolute atomic E-state index is 0.0600. The molecule has 0 aliphatic carbocycles. The monoisotopic (exact) mass is 247 g/mol. The summed E-state index contributed by atoms with van der Waals surface area (Å²) in [7, 11) is 0. The molecule has 1 atom stereocenters. The summed E-state index contributed by atoms with van der Waals surface area (Å²) in [6, 6.07) is 7.30. The first-order chi connectivity index (χ1) is 8.61. The van der Waals surface area contributed by atoms with E-state index in [0.29, 0.717) is 18.7 Å². The summed E-state index contributed by atoms with van der Waals surface area (Å²) in [5.74, 6) is -0.104. The Bertz CT molecular complexity index is 473. The summed E-state index contributed by atoms with van der Waals surface area (Å²) >= 11 is 0. The zero-order valence-electron chi connectivity index (χ0n) is 10.3. The Kier molecular flexibility index (Phi) is 3.62. The Morgan fingerprint density at radius 2 is 2.22 bits per heavy atom. The number of hydrogen-bond acceptors (Lipinski definition) is 3. The summed E-state index contributed by atoms with van der Waals surface area (Å²) in [5, 5.41) is 2.75. The number of anilines is 2. The van der Waals surface area contributed by atoms with E-state index >= 15 is 0 Å². The number of hydrogen-bond donors (Lipinski definition) is 2. The summed E-state index contributed by atoms with van der Waals surface area (Å²) in [6.45, 7) is 2.47. The van der Waals surface area contributed by atoms with Crippen molar-refractivity contribution >= 4 is 23.2 Å². The van der Waals surface area contributed by atoms with Gasteiger partial charge in [-0.3, -0.25) is 9.59 Å². The standard InChI is InChI=1S/C13H17N3O2/c1-9(7-14)6-13(18)16-8-12(17)15-10-4-2-3-5-11(10)16/h2-5,9H,6-8,14H2,1H3,(H,15,17). The summed E-state index contributed by atoms with van der Waals surface area (Å²) in [4.78, 5) is 25.3. The van der Waals surface area contributed by atoms with Crippen molar-refractivity contribution < 1.29 is 9.59 Å². The average Bonchev–Trinajstić information content (AvgIpc) is 2.37. The number of rotatable bonds is 3.